The molecule has 6 nitrogen and oxygen atoms in total. The van der Waals surface area contributed by atoms with E-state index in [1.165, 1.54) is 44.8 Å². The summed E-state index contributed by atoms with van der Waals surface area (Å²) in [6.45, 7) is 4.17. The minimum absolute atomic E-state index is 0.0388. The van der Waals surface area contributed by atoms with Crippen LogP contribution in [0.5, 0.6) is 0 Å². The number of rotatable bonds is 5. The van der Waals surface area contributed by atoms with Crippen molar-refractivity contribution in [3.63, 3.8) is 0 Å². The van der Waals surface area contributed by atoms with Gasteiger partial charge in [-0.2, -0.15) is 0 Å². The summed E-state index contributed by atoms with van der Waals surface area (Å²) >= 11 is 0. The van der Waals surface area contributed by atoms with Gasteiger partial charge in [0.1, 0.15) is 5.69 Å². The molecule has 0 bridgehead atoms. The Morgan fingerprint density at radius 1 is 1.25 bits per heavy atom. The maximum absolute atomic E-state index is 10.7. The van der Waals surface area contributed by atoms with Gasteiger partial charge in [-0.3, -0.25) is 10.1 Å². The highest BCUT2D eigenvalue weighted by Crippen LogP contribution is 2.24. The molecule has 1 aromatic carbocycles. The second-order valence-electron chi connectivity index (χ2n) is 5.21. The number of likely N-dealkylation sites (tertiary alicyclic amines) is 1. The summed E-state index contributed by atoms with van der Waals surface area (Å²) in [6.07, 6.45) is 5.24. The molecule has 0 aromatic heterocycles. The van der Waals surface area contributed by atoms with Crippen LogP contribution in [0.3, 0.4) is 0 Å². The molecule has 1 aliphatic rings. The van der Waals surface area contributed by atoms with Crippen LogP contribution in [-0.4, -0.2) is 36.0 Å². The fraction of sp³-hybridized carbons (Fsp3) is 0.571. The van der Waals surface area contributed by atoms with E-state index < -0.39 is 4.92 Å². The maximum Gasteiger partial charge on any atom is 0.292 e. The van der Waals surface area contributed by atoms with Crippen LogP contribution in [0.4, 0.5) is 17.1 Å². The first-order valence-corrected chi connectivity index (χ1v) is 7.17. The number of benzene rings is 1. The standard InChI is InChI=1S/C14H22N4O2/c15-13-11-12(5-6-14(13)18(19)20)16-7-10-17-8-3-1-2-4-9-17/h5-6,11,16H,1-4,7-10,15H2. The van der Waals surface area contributed by atoms with Crippen molar-refractivity contribution >= 4 is 17.1 Å². The number of nitro benzene ring substituents is 1. The first kappa shape index (κ1) is 14.6. The molecule has 6 heteroatoms. The molecule has 20 heavy (non-hydrogen) atoms. The van der Waals surface area contributed by atoms with E-state index in [9.17, 15) is 10.1 Å². The predicted molar refractivity (Wildman–Crippen MR) is 80.9 cm³/mol. The third-order valence-corrected chi connectivity index (χ3v) is 3.68. The number of nitrogens with zero attached hydrogens (tertiary/aromatic N) is 2. The van der Waals surface area contributed by atoms with Crippen molar-refractivity contribution in [1.82, 2.24) is 4.90 Å². The number of nitrogens with two attached hydrogens (primary N) is 1. The lowest BCUT2D eigenvalue weighted by Crippen LogP contribution is -2.29. The van der Waals surface area contributed by atoms with Crippen molar-refractivity contribution in [1.29, 1.82) is 0 Å². The van der Waals surface area contributed by atoms with Gasteiger partial charge in [-0.05, 0) is 38.1 Å². The zero-order chi connectivity index (χ0) is 14.4. The number of hydrogen-bond donors (Lipinski definition) is 2. The Morgan fingerprint density at radius 3 is 2.55 bits per heavy atom. The van der Waals surface area contributed by atoms with Crippen LogP contribution in [0.15, 0.2) is 18.2 Å². The van der Waals surface area contributed by atoms with Gasteiger partial charge in [0.2, 0.25) is 0 Å². The molecule has 0 spiro atoms. The van der Waals surface area contributed by atoms with Crippen LogP contribution in [0.25, 0.3) is 0 Å². The smallest absolute Gasteiger partial charge is 0.292 e. The summed E-state index contributed by atoms with van der Waals surface area (Å²) < 4.78 is 0. The van der Waals surface area contributed by atoms with Crippen molar-refractivity contribution in [3.8, 4) is 0 Å². The summed E-state index contributed by atoms with van der Waals surface area (Å²) in [5, 5.41) is 14.0. The predicted octanol–water partition coefficient (Wildman–Crippen LogP) is 2.46. The Balaban J connectivity index is 1.81. The fourth-order valence-electron chi connectivity index (χ4n) is 2.55. The van der Waals surface area contributed by atoms with E-state index in [2.05, 4.69) is 10.2 Å². The highest BCUT2D eigenvalue weighted by Gasteiger charge is 2.11. The number of anilines is 2. The van der Waals surface area contributed by atoms with Crippen LogP contribution < -0.4 is 11.1 Å². The van der Waals surface area contributed by atoms with Gasteiger partial charge in [-0.15, -0.1) is 0 Å². The number of nitrogen functional groups attached to an aromatic ring is 1. The summed E-state index contributed by atoms with van der Waals surface area (Å²) in [5.74, 6) is 0. The quantitative estimate of drug-likeness (QED) is 0.491. The Bertz CT molecular complexity index is 456. The Kier molecular flexibility index (Phi) is 5.17. The Labute approximate surface area is 119 Å². The van der Waals surface area contributed by atoms with Gasteiger partial charge in [-0.25, -0.2) is 0 Å². The normalized spacial score (nSPS) is 16.6. The molecule has 1 aromatic rings. The van der Waals surface area contributed by atoms with E-state index in [1.54, 1.807) is 12.1 Å². The van der Waals surface area contributed by atoms with Gasteiger partial charge in [0.15, 0.2) is 0 Å². The zero-order valence-corrected chi connectivity index (χ0v) is 11.7. The van der Waals surface area contributed by atoms with Crippen molar-refractivity contribution in [3.05, 3.63) is 28.3 Å². The molecule has 1 fully saturated rings. The van der Waals surface area contributed by atoms with E-state index in [0.717, 1.165) is 18.8 Å². The molecule has 0 atom stereocenters. The molecule has 1 heterocycles. The van der Waals surface area contributed by atoms with Crippen LogP contribution >= 0.6 is 0 Å². The van der Waals surface area contributed by atoms with E-state index in [0.29, 0.717) is 0 Å². The van der Waals surface area contributed by atoms with Crippen LogP contribution in [0.2, 0.25) is 0 Å². The summed E-state index contributed by atoms with van der Waals surface area (Å²) in [7, 11) is 0. The van der Waals surface area contributed by atoms with Gasteiger partial charge >= 0.3 is 0 Å². The van der Waals surface area contributed by atoms with Gasteiger partial charge in [-0.1, -0.05) is 12.8 Å². The topological polar surface area (TPSA) is 84.4 Å². The highest BCUT2D eigenvalue weighted by atomic mass is 16.6. The van der Waals surface area contributed by atoms with E-state index in [-0.39, 0.29) is 11.4 Å². The monoisotopic (exact) mass is 278 g/mol. The summed E-state index contributed by atoms with van der Waals surface area (Å²) in [5.41, 5.74) is 6.67. The van der Waals surface area contributed by atoms with E-state index in [1.807, 2.05) is 0 Å². The van der Waals surface area contributed by atoms with Crippen LogP contribution in [0.1, 0.15) is 25.7 Å². The Hall–Kier alpha value is -1.82. The summed E-state index contributed by atoms with van der Waals surface area (Å²) in [4.78, 5) is 12.7. The van der Waals surface area contributed by atoms with Crippen molar-refractivity contribution < 1.29 is 4.92 Å². The number of nitro groups is 1. The minimum Gasteiger partial charge on any atom is -0.393 e. The number of nitrogens with one attached hydrogen (secondary N) is 1. The molecule has 0 amide bonds. The zero-order valence-electron chi connectivity index (χ0n) is 11.7. The van der Waals surface area contributed by atoms with Crippen molar-refractivity contribution in [2.45, 2.75) is 25.7 Å². The lowest BCUT2D eigenvalue weighted by Gasteiger charge is -2.20. The molecule has 1 saturated heterocycles. The highest BCUT2D eigenvalue weighted by molar-refractivity contribution is 5.65. The third-order valence-electron chi connectivity index (χ3n) is 3.68. The largest absolute Gasteiger partial charge is 0.393 e. The maximum atomic E-state index is 10.7. The summed E-state index contributed by atoms with van der Waals surface area (Å²) in [6, 6.07) is 4.78. The number of hydrogen-bond acceptors (Lipinski definition) is 5. The van der Waals surface area contributed by atoms with Crippen molar-refractivity contribution in [2.75, 3.05) is 37.2 Å². The van der Waals surface area contributed by atoms with Crippen LogP contribution in [0, 0.1) is 10.1 Å². The molecular weight excluding hydrogens is 256 g/mol. The van der Waals surface area contributed by atoms with Gasteiger partial charge in [0.05, 0.1) is 4.92 Å². The lowest BCUT2D eigenvalue weighted by molar-refractivity contribution is -0.383. The average Bonchev–Trinajstić information content (AvgIpc) is 2.67. The van der Waals surface area contributed by atoms with E-state index >= 15 is 0 Å². The second kappa shape index (κ2) is 7.09. The van der Waals surface area contributed by atoms with Gasteiger partial charge in [0.25, 0.3) is 5.69 Å². The molecule has 0 saturated carbocycles. The molecule has 0 radical (unpaired) electrons. The van der Waals surface area contributed by atoms with Gasteiger partial charge in [0, 0.05) is 24.8 Å². The Morgan fingerprint density at radius 2 is 1.95 bits per heavy atom. The molecule has 2 rings (SSSR count). The minimum atomic E-state index is -0.462. The van der Waals surface area contributed by atoms with Gasteiger partial charge < -0.3 is 16.0 Å². The van der Waals surface area contributed by atoms with Crippen LogP contribution in [-0.2, 0) is 0 Å². The molecule has 110 valence electrons. The molecule has 3 N–H and O–H groups in total. The first-order chi connectivity index (χ1) is 9.66. The van der Waals surface area contributed by atoms with E-state index in [4.69, 9.17) is 5.73 Å². The lowest BCUT2D eigenvalue weighted by atomic mass is 10.2. The third kappa shape index (κ3) is 4.09. The molecule has 0 aliphatic carbocycles. The average molecular weight is 278 g/mol. The fourth-order valence-corrected chi connectivity index (χ4v) is 2.55. The SMILES string of the molecule is Nc1cc(NCCN2CCCCCC2)ccc1[N+](=O)[O-]. The first-order valence-electron chi connectivity index (χ1n) is 7.17. The molecule has 1 aliphatic heterocycles. The van der Waals surface area contributed by atoms with Crippen molar-refractivity contribution in [2.24, 2.45) is 0 Å². The molecular formula is C14H22N4O2. The molecule has 0 unspecified atom stereocenters. The second-order valence-corrected chi connectivity index (χ2v) is 5.21.